The van der Waals surface area contributed by atoms with E-state index < -0.39 is 0 Å². The molecule has 232 valence electrons. The predicted octanol–water partition coefficient (Wildman–Crippen LogP) is 14.8. The number of hydrogen-bond donors (Lipinski definition) is 0. The highest BCUT2D eigenvalue weighted by atomic mass is 79.9. The molecule has 43 heavy (non-hydrogen) atoms. The fourth-order valence-electron chi connectivity index (χ4n) is 4.80. The topological polar surface area (TPSA) is 18.5 Å². The smallest absolute Gasteiger partial charge is 0.142 e. The van der Waals surface area contributed by atoms with Crippen LogP contribution in [0.25, 0.3) is 21.5 Å². The lowest BCUT2D eigenvalue weighted by molar-refractivity contribution is 0.318. The maximum Gasteiger partial charge on any atom is 0.142 e. The average molecular weight is 1230 g/mol. The summed E-state index contributed by atoms with van der Waals surface area (Å²) in [6.45, 7) is 5.37. The summed E-state index contributed by atoms with van der Waals surface area (Å²) in [6.07, 6.45) is 2.71. The number of ether oxygens (including phenoxy) is 2. The Morgan fingerprint density at radius 2 is 0.860 bits per heavy atom. The van der Waals surface area contributed by atoms with Crippen LogP contribution in [0.15, 0.2) is 63.2 Å². The van der Waals surface area contributed by atoms with Gasteiger partial charge in [-0.05, 0) is 86.5 Å². The van der Waals surface area contributed by atoms with E-state index in [1.54, 1.807) is 0 Å². The van der Waals surface area contributed by atoms with Crippen molar-refractivity contribution in [3.8, 4) is 11.5 Å². The van der Waals surface area contributed by atoms with E-state index in [1.165, 1.54) is 11.1 Å². The molecule has 0 saturated carbocycles. The Bertz CT molecular complexity index is 1510. The SMILES string of the molecule is CCC(Br)C(Br)COc1c(Br)cc(Br)c2c(Cc3ccc(Br)c4c(OCC(Br)C(Br)CC)c(Br)cc(Br)c34)ccc(Br)c12. The van der Waals surface area contributed by atoms with Gasteiger partial charge in [0.05, 0.1) is 18.6 Å². The van der Waals surface area contributed by atoms with E-state index in [2.05, 4.69) is 210 Å². The summed E-state index contributed by atoms with van der Waals surface area (Å²) in [4.78, 5) is 0.986. The van der Waals surface area contributed by atoms with Gasteiger partial charge in [-0.3, -0.25) is 0 Å². The van der Waals surface area contributed by atoms with E-state index in [4.69, 9.17) is 9.47 Å². The Balaban J connectivity index is 1.82. The molecular weight excluding hydrogens is 1200 g/mol. The van der Waals surface area contributed by atoms with Gasteiger partial charge in [0, 0.05) is 49.1 Å². The van der Waals surface area contributed by atoms with Crippen molar-refractivity contribution in [3.63, 3.8) is 0 Å². The monoisotopic (exact) mass is 1220 g/mol. The van der Waals surface area contributed by atoms with Crippen molar-refractivity contribution in [3.05, 3.63) is 74.4 Å². The van der Waals surface area contributed by atoms with Gasteiger partial charge in [0.1, 0.15) is 24.7 Å². The van der Waals surface area contributed by atoms with Gasteiger partial charge in [-0.25, -0.2) is 0 Å². The number of fused-ring (bicyclic) bond motifs is 2. The Labute approximate surface area is 337 Å². The highest BCUT2D eigenvalue weighted by molar-refractivity contribution is 9.13. The number of alkyl halides is 4. The van der Waals surface area contributed by atoms with Crippen LogP contribution < -0.4 is 9.47 Å². The van der Waals surface area contributed by atoms with Crippen LogP contribution in [0.3, 0.4) is 0 Å². The molecule has 0 aromatic heterocycles. The third-order valence-electron chi connectivity index (χ3n) is 7.07. The summed E-state index contributed by atoms with van der Waals surface area (Å²) in [5, 5.41) is 4.26. The second-order valence-electron chi connectivity index (χ2n) is 9.93. The lowest BCUT2D eigenvalue weighted by Gasteiger charge is -2.21. The van der Waals surface area contributed by atoms with E-state index in [9.17, 15) is 0 Å². The Hall–Kier alpha value is 1.80. The normalized spacial score (nSPS) is 14.6. The van der Waals surface area contributed by atoms with Gasteiger partial charge in [0.25, 0.3) is 0 Å². The molecule has 4 rings (SSSR count). The van der Waals surface area contributed by atoms with Gasteiger partial charge in [-0.15, -0.1) is 0 Å². The molecule has 4 aromatic carbocycles. The highest BCUT2D eigenvalue weighted by Gasteiger charge is 2.23. The first-order valence-corrected chi connectivity index (χ1v) is 21.8. The summed E-state index contributed by atoms with van der Waals surface area (Å²) in [5.74, 6) is 1.63. The van der Waals surface area contributed by atoms with Crippen LogP contribution >= 0.6 is 159 Å². The summed E-state index contributed by atoms with van der Waals surface area (Å²) in [7, 11) is 0. The largest absolute Gasteiger partial charge is 0.491 e. The first-order valence-electron chi connectivity index (χ1n) is 13.4. The zero-order valence-corrected chi connectivity index (χ0v) is 38.8. The maximum atomic E-state index is 6.46. The molecule has 0 aliphatic carbocycles. The average Bonchev–Trinajstić information content (AvgIpc) is 2.97. The van der Waals surface area contributed by atoms with Crippen LogP contribution in [-0.2, 0) is 6.42 Å². The lowest BCUT2D eigenvalue weighted by atomic mass is 9.94. The van der Waals surface area contributed by atoms with E-state index >= 15 is 0 Å². The summed E-state index contributed by atoms with van der Waals surface area (Å²) < 4.78 is 18.7. The lowest BCUT2D eigenvalue weighted by Crippen LogP contribution is -2.21. The van der Waals surface area contributed by atoms with Gasteiger partial charge in [0.2, 0.25) is 0 Å². The molecule has 4 unspecified atom stereocenters. The summed E-state index contributed by atoms with van der Waals surface area (Å²) in [6, 6.07) is 12.7. The number of halogens is 10. The third kappa shape index (κ3) is 8.70. The van der Waals surface area contributed by atoms with Gasteiger partial charge in [-0.2, -0.15) is 0 Å². The van der Waals surface area contributed by atoms with E-state index in [0.717, 1.165) is 72.7 Å². The minimum absolute atomic E-state index is 0.175. The van der Waals surface area contributed by atoms with E-state index in [-0.39, 0.29) is 9.65 Å². The van der Waals surface area contributed by atoms with Gasteiger partial charge < -0.3 is 9.47 Å². The quantitative estimate of drug-likeness (QED) is 0.132. The van der Waals surface area contributed by atoms with Crippen LogP contribution in [0.4, 0.5) is 0 Å². The number of benzene rings is 4. The third-order valence-corrected chi connectivity index (χ3v) is 16.6. The van der Waals surface area contributed by atoms with Gasteiger partial charge >= 0.3 is 0 Å². The molecule has 0 radical (unpaired) electrons. The molecule has 4 aromatic rings. The molecule has 0 heterocycles. The van der Waals surface area contributed by atoms with Crippen molar-refractivity contribution < 1.29 is 9.47 Å². The number of hydrogen-bond acceptors (Lipinski definition) is 2. The zero-order valence-electron chi connectivity index (χ0n) is 22.9. The Morgan fingerprint density at radius 3 is 1.21 bits per heavy atom. The summed E-state index contributed by atoms with van der Waals surface area (Å²) in [5.41, 5.74) is 2.35. The fourth-order valence-corrected chi connectivity index (χ4v) is 10.2. The molecule has 0 fully saturated rings. The van der Waals surface area contributed by atoms with Crippen LogP contribution in [0.1, 0.15) is 37.8 Å². The molecule has 0 saturated heterocycles. The second-order valence-corrected chi connectivity index (χ2v) is 19.8. The molecule has 0 spiro atoms. The van der Waals surface area contributed by atoms with Crippen LogP contribution in [-0.4, -0.2) is 32.5 Å². The van der Waals surface area contributed by atoms with Crippen molar-refractivity contribution in [2.75, 3.05) is 13.2 Å². The Kier molecular flexibility index (Phi) is 14.8. The first-order chi connectivity index (χ1) is 20.4. The number of rotatable bonds is 12. The van der Waals surface area contributed by atoms with Crippen molar-refractivity contribution >= 4 is 181 Å². The van der Waals surface area contributed by atoms with Gasteiger partial charge in [-0.1, -0.05) is 153 Å². The molecule has 0 bridgehead atoms. The van der Waals surface area contributed by atoms with Crippen LogP contribution in [0.2, 0.25) is 0 Å². The zero-order chi connectivity index (χ0) is 31.6. The minimum atomic E-state index is 0.175. The van der Waals surface area contributed by atoms with E-state index in [0.29, 0.717) is 29.3 Å². The molecule has 0 amide bonds. The Morgan fingerprint density at radius 1 is 0.488 bits per heavy atom. The highest BCUT2D eigenvalue weighted by Crippen LogP contribution is 2.47. The summed E-state index contributed by atoms with van der Waals surface area (Å²) >= 11 is 38.0. The van der Waals surface area contributed by atoms with Crippen molar-refractivity contribution in [2.45, 2.75) is 52.4 Å². The molecule has 4 atom stereocenters. The van der Waals surface area contributed by atoms with Crippen LogP contribution in [0.5, 0.6) is 11.5 Å². The standard InChI is InChI=1S/C31H26Br10O2/c1-3-16(32)24(40)12-42-30-22(38)10-20(36)26-14(5-7-18(34)28(26)30)9-15-6-8-19(35)29-27(15)21(37)11-23(39)31(29)43-13-25(41)17(33)4-2/h5-8,10-11,16-17,24-25H,3-4,9,12-13H2,1-2H3. The molecular formula is C31H26Br10O2. The molecule has 12 heteroatoms. The maximum absolute atomic E-state index is 6.46. The van der Waals surface area contributed by atoms with Gasteiger partial charge in [0.15, 0.2) is 0 Å². The molecule has 0 aliphatic rings. The fraction of sp³-hybridized carbons (Fsp3) is 0.355. The van der Waals surface area contributed by atoms with Crippen molar-refractivity contribution in [1.29, 1.82) is 0 Å². The van der Waals surface area contributed by atoms with E-state index in [1.807, 2.05) is 0 Å². The second kappa shape index (κ2) is 17.0. The minimum Gasteiger partial charge on any atom is -0.491 e. The molecule has 0 N–H and O–H groups in total. The van der Waals surface area contributed by atoms with Crippen molar-refractivity contribution in [2.24, 2.45) is 0 Å². The predicted molar refractivity (Wildman–Crippen MR) is 219 cm³/mol. The first kappa shape index (κ1) is 37.6. The van der Waals surface area contributed by atoms with Crippen LogP contribution in [0, 0.1) is 0 Å². The molecule has 2 nitrogen and oxygen atoms in total. The molecule has 0 aliphatic heterocycles. The van der Waals surface area contributed by atoms with Crippen molar-refractivity contribution in [1.82, 2.24) is 0 Å².